The van der Waals surface area contributed by atoms with Crippen LogP contribution in [-0.2, 0) is 5.41 Å². The predicted octanol–water partition coefficient (Wildman–Crippen LogP) is 8.23. The SMILES string of the molecule is Cc1ccc2oc3c(c2c1)N(c1c(C)cc(C(C)(C)C)cc1C)c1ccccc1O3. The van der Waals surface area contributed by atoms with Crippen molar-refractivity contribution in [3.05, 3.63) is 76.9 Å². The van der Waals surface area contributed by atoms with Gasteiger partial charge in [0, 0.05) is 5.39 Å². The highest BCUT2D eigenvalue weighted by Crippen LogP contribution is 2.55. The third-order valence-corrected chi connectivity index (χ3v) is 5.90. The van der Waals surface area contributed by atoms with Crippen molar-refractivity contribution in [1.82, 2.24) is 0 Å². The van der Waals surface area contributed by atoms with Gasteiger partial charge in [0.1, 0.15) is 11.3 Å². The van der Waals surface area contributed by atoms with E-state index in [1.54, 1.807) is 0 Å². The molecule has 0 radical (unpaired) electrons. The van der Waals surface area contributed by atoms with Crippen LogP contribution in [0.25, 0.3) is 11.0 Å². The number of fused-ring (bicyclic) bond motifs is 4. The van der Waals surface area contributed by atoms with Crippen molar-refractivity contribution in [2.24, 2.45) is 0 Å². The molecule has 30 heavy (non-hydrogen) atoms. The van der Waals surface area contributed by atoms with E-state index in [4.69, 9.17) is 9.15 Å². The van der Waals surface area contributed by atoms with E-state index in [0.29, 0.717) is 5.95 Å². The summed E-state index contributed by atoms with van der Waals surface area (Å²) in [6.07, 6.45) is 0. The van der Waals surface area contributed by atoms with Crippen LogP contribution >= 0.6 is 0 Å². The lowest BCUT2D eigenvalue weighted by molar-refractivity contribution is 0.357. The maximum absolute atomic E-state index is 6.20. The third kappa shape index (κ3) is 2.80. The zero-order valence-electron chi connectivity index (χ0n) is 18.5. The molecule has 0 atom stereocenters. The van der Waals surface area contributed by atoms with Gasteiger partial charge in [-0.1, -0.05) is 56.7 Å². The van der Waals surface area contributed by atoms with Crippen LogP contribution in [0.4, 0.5) is 17.1 Å². The first-order valence-corrected chi connectivity index (χ1v) is 10.5. The van der Waals surface area contributed by atoms with Crippen LogP contribution < -0.4 is 9.64 Å². The van der Waals surface area contributed by atoms with Crippen molar-refractivity contribution >= 4 is 28.0 Å². The molecular formula is C27H27NO2. The minimum atomic E-state index is 0.0988. The van der Waals surface area contributed by atoms with Crippen molar-refractivity contribution in [3.8, 4) is 11.7 Å². The van der Waals surface area contributed by atoms with Crippen molar-refractivity contribution in [1.29, 1.82) is 0 Å². The second-order valence-corrected chi connectivity index (χ2v) is 9.35. The van der Waals surface area contributed by atoms with Crippen LogP contribution in [0.2, 0.25) is 0 Å². The lowest BCUT2D eigenvalue weighted by Crippen LogP contribution is -2.18. The van der Waals surface area contributed by atoms with Crippen LogP contribution in [-0.4, -0.2) is 0 Å². The molecule has 1 aliphatic heterocycles. The van der Waals surface area contributed by atoms with Gasteiger partial charge in [0.2, 0.25) is 0 Å². The number of hydrogen-bond donors (Lipinski definition) is 0. The first-order valence-electron chi connectivity index (χ1n) is 10.5. The molecular weight excluding hydrogens is 370 g/mol. The van der Waals surface area contributed by atoms with E-state index >= 15 is 0 Å². The Bertz CT molecular complexity index is 1270. The molecule has 0 aliphatic carbocycles. The molecule has 0 saturated heterocycles. The van der Waals surface area contributed by atoms with Gasteiger partial charge in [-0.3, -0.25) is 4.90 Å². The molecule has 0 amide bonds. The molecule has 0 fully saturated rings. The molecule has 1 aromatic heterocycles. The quantitative estimate of drug-likeness (QED) is 0.285. The summed E-state index contributed by atoms with van der Waals surface area (Å²) in [5.74, 6) is 1.35. The van der Waals surface area contributed by atoms with Gasteiger partial charge in [0.15, 0.2) is 5.75 Å². The lowest BCUT2D eigenvalue weighted by Gasteiger charge is -2.33. The van der Waals surface area contributed by atoms with E-state index in [2.05, 4.69) is 82.8 Å². The number of para-hydroxylation sites is 2. The van der Waals surface area contributed by atoms with Crippen molar-refractivity contribution < 1.29 is 9.15 Å². The van der Waals surface area contributed by atoms with Gasteiger partial charge in [-0.2, -0.15) is 0 Å². The number of nitrogens with zero attached hydrogens (tertiary/aromatic N) is 1. The average Bonchev–Trinajstić information content (AvgIpc) is 3.03. The van der Waals surface area contributed by atoms with Crippen molar-refractivity contribution in [2.45, 2.75) is 47.0 Å². The number of hydrogen-bond acceptors (Lipinski definition) is 3. The molecule has 4 aromatic rings. The summed E-state index contributed by atoms with van der Waals surface area (Å²) in [5, 5.41) is 1.07. The largest absolute Gasteiger partial charge is 0.424 e. The summed E-state index contributed by atoms with van der Waals surface area (Å²) in [6, 6.07) is 19.1. The van der Waals surface area contributed by atoms with Gasteiger partial charge in [0.05, 0.1) is 11.4 Å². The Balaban J connectivity index is 1.83. The van der Waals surface area contributed by atoms with Gasteiger partial charge >= 0.3 is 5.95 Å². The molecule has 1 aliphatic rings. The predicted molar refractivity (Wildman–Crippen MR) is 124 cm³/mol. The number of benzene rings is 3. The Labute approximate surface area is 177 Å². The number of aryl methyl sites for hydroxylation is 3. The van der Waals surface area contributed by atoms with Crippen LogP contribution in [0.3, 0.4) is 0 Å². The summed E-state index contributed by atoms with van der Waals surface area (Å²) >= 11 is 0. The molecule has 0 unspecified atom stereocenters. The second kappa shape index (κ2) is 6.40. The average molecular weight is 398 g/mol. The Kier molecular flexibility index (Phi) is 4.01. The van der Waals surface area contributed by atoms with Crippen LogP contribution in [0.5, 0.6) is 11.7 Å². The molecule has 2 heterocycles. The van der Waals surface area contributed by atoms with E-state index < -0.39 is 0 Å². The van der Waals surface area contributed by atoms with Gasteiger partial charge in [-0.05, 0) is 67.1 Å². The van der Waals surface area contributed by atoms with E-state index in [1.165, 1.54) is 27.9 Å². The summed E-state index contributed by atoms with van der Waals surface area (Å²) in [6.45, 7) is 13.3. The molecule has 3 heteroatoms. The summed E-state index contributed by atoms with van der Waals surface area (Å²) < 4.78 is 12.4. The maximum Gasteiger partial charge on any atom is 0.316 e. The summed E-state index contributed by atoms with van der Waals surface area (Å²) in [4.78, 5) is 2.32. The molecule has 152 valence electrons. The standard InChI is InChI=1S/C27H27NO2/c1-16-11-12-22-20(13-16)25-26(29-22)30-23-10-8-7-9-21(23)28(25)24-17(2)14-19(15-18(24)3)27(4,5)6/h7-15H,1-6H3. The molecule has 3 nitrogen and oxygen atoms in total. The highest BCUT2D eigenvalue weighted by molar-refractivity contribution is 6.03. The first-order chi connectivity index (χ1) is 14.2. The monoisotopic (exact) mass is 397 g/mol. The minimum absolute atomic E-state index is 0.0988. The molecule has 0 N–H and O–H groups in total. The number of anilines is 3. The topological polar surface area (TPSA) is 25.6 Å². The highest BCUT2D eigenvalue weighted by atomic mass is 16.6. The Morgan fingerprint density at radius 1 is 0.800 bits per heavy atom. The van der Waals surface area contributed by atoms with Crippen molar-refractivity contribution in [2.75, 3.05) is 4.90 Å². The smallest absolute Gasteiger partial charge is 0.316 e. The fraction of sp³-hybridized carbons (Fsp3) is 0.259. The summed E-state index contributed by atoms with van der Waals surface area (Å²) in [5.41, 5.74) is 9.15. The molecule has 0 spiro atoms. The van der Waals surface area contributed by atoms with Gasteiger partial charge in [0.25, 0.3) is 0 Å². The first kappa shape index (κ1) is 18.8. The van der Waals surface area contributed by atoms with Crippen LogP contribution in [0, 0.1) is 20.8 Å². The zero-order chi connectivity index (χ0) is 21.2. The molecule has 5 rings (SSSR count). The number of ether oxygens (including phenoxy) is 1. The highest BCUT2D eigenvalue weighted by Gasteiger charge is 2.33. The number of rotatable bonds is 1. The lowest BCUT2D eigenvalue weighted by atomic mass is 9.84. The van der Waals surface area contributed by atoms with E-state index in [-0.39, 0.29) is 5.41 Å². The summed E-state index contributed by atoms with van der Waals surface area (Å²) in [7, 11) is 0. The van der Waals surface area contributed by atoms with E-state index in [9.17, 15) is 0 Å². The van der Waals surface area contributed by atoms with E-state index in [0.717, 1.165) is 28.1 Å². The second-order valence-electron chi connectivity index (χ2n) is 9.35. The van der Waals surface area contributed by atoms with Gasteiger partial charge in [-0.25, -0.2) is 0 Å². The van der Waals surface area contributed by atoms with Gasteiger partial charge < -0.3 is 9.15 Å². The Morgan fingerprint density at radius 2 is 1.50 bits per heavy atom. The zero-order valence-corrected chi connectivity index (χ0v) is 18.5. The van der Waals surface area contributed by atoms with Crippen LogP contribution in [0.1, 0.15) is 43.0 Å². The Hall–Kier alpha value is -3.20. The molecule has 0 saturated carbocycles. The molecule has 0 bridgehead atoms. The maximum atomic E-state index is 6.20. The number of furan rings is 1. The fourth-order valence-corrected chi connectivity index (χ4v) is 4.38. The van der Waals surface area contributed by atoms with Gasteiger partial charge in [-0.15, -0.1) is 0 Å². The Morgan fingerprint density at radius 3 is 2.20 bits per heavy atom. The molecule has 3 aromatic carbocycles. The normalized spacial score (nSPS) is 13.2. The fourth-order valence-electron chi connectivity index (χ4n) is 4.38. The minimum Gasteiger partial charge on any atom is -0.424 e. The third-order valence-electron chi connectivity index (χ3n) is 5.90. The van der Waals surface area contributed by atoms with Crippen LogP contribution in [0.15, 0.2) is 59.0 Å². The van der Waals surface area contributed by atoms with E-state index in [1.807, 2.05) is 18.2 Å². The van der Waals surface area contributed by atoms with Crippen molar-refractivity contribution in [3.63, 3.8) is 0 Å².